The van der Waals surface area contributed by atoms with Gasteiger partial charge in [0.2, 0.25) is 0 Å². The van der Waals surface area contributed by atoms with Crippen LogP contribution in [0.1, 0.15) is 36.4 Å². The van der Waals surface area contributed by atoms with Gasteiger partial charge in [-0.05, 0) is 25.5 Å². The number of hydrogen-bond acceptors (Lipinski definition) is 3. The van der Waals surface area contributed by atoms with E-state index in [1.165, 1.54) is 0 Å². The number of aliphatic hydroxyl groups is 1. The summed E-state index contributed by atoms with van der Waals surface area (Å²) in [5, 5.41) is 14.3. The van der Waals surface area contributed by atoms with Crippen LogP contribution in [0.25, 0.3) is 0 Å². The van der Waals surface area contributed by atoms with E-state index >= 15 is 0 Å². The van der Waals surface area contributed by atoms with Crippen LogP contribution in [-0.2, 0) is 13.7 Å². The third-order valence-corrected chi connectivity index (χ3v) is 3.14. The predicted octanol–water partition coefficient (Wildman–Crippen LogP) is 2.75. The molecule has 0 bridgehead atoms. The molecule has 1 heterocycles. The Kier molecular flexibility index (Phi) is 4.22. The third kappa shape index (κ3) is 3.15. The number of nitrogens with zero attached hydrogens (tertiary/aromatic N) is 2. The fourth-order valence-corrected chi connectivity index (χ4v) is 2.06. The monoisotopic (exact) mass is 260 g/mol. The summed E-state index contributed by atoms with van der Waals surface area (Å²) in [4.78, 5) is 0. The van der Waals surface area contributed by atoms with Crippen molar-refractivity contribution in [3.8, 4) is 5.75 Å². The molecule has 1 N–H and O–H groups in total. The van der Waals surface area contributed by atoms with Gasteiger partial charge < -0.3 is 9.84 Å². The third-order valence-electron chi connectivity index (χ3n) is 3.14. The van der Waals surface area contributed by atoms with E-state index in [-0.39, 0.29) is 0 Å². The van der Waals surface area contributed by atoms with Crippen molar-refractivity contribution in [3.63, 3.8) is 0 Å². The van der Waals surface area contributed by atoms with Crippen molar-refractivity contribution < 1.29 is 9.84 Å². The lowest BCUT2D eigenvalue weighted by atomic mass is 10.1. The number of aryl methyl sites for hydroxylation is 2. The molecule has 102 valence electrons. The maximum absolute atomic E-state index is 9.97. The molecule has 0 amide bonds. The first-order valence-electron chi connectivity index (χ1n) is 6.51. The van der Waals surface area contributed by atoms with E-state index in [0.717, 1.165) is 22.7 Å². The van der Waals surface area contributed by atoms with E-state index in [0.29, 0.717) is 13.0 Å². The zero-order chi connectivity index (χ0) is 13.8. The molecule has 0 saturated carbocycles. The SMILES string of the molecule is CCC(O)c1ccccc1OCc1cc(C)nn1C. The van der Waals surface area contributed by atoms with Crippen LogP contribution in [0.2, 0.25) is 0 Å². The predicted molar refractivity (Wildman–Crippen MR) is 74.0 cm³/mol. The van der Waals surface area contributed by atoms with Crippen LogP contribution in [-0.4, -0.2) is 14.9 Å². The molecule has 0 aliphatic carbocycles. The van der Waals surface area contributed by atoms with Gasteiger partial charge in [0.25, 0.3) is 0 Å². The molecule has 0 fully saturated rings. The fourth-order valence-electron chi connectivity index (χ4n) is 2.06. The van der Waals surface area contributed by atoms with Gasteiger partial charge in [0.05, 0.1) is 17.5 Å². The Labute approximate surface area is 113 Å². The molecule has 4 nitrogen and oxygen atoms in total. The Morgan fingerprint density at radius 2 is 2.11 bits per heavy atom. The van der Waals surface area contributed by atoms with E-state index in [4.69, 9.17) is 4.74 Å². The summed E-state index contributed by atoms with van der Waals surface area (Å²) in [6.07, 6.45) is 0.190. The molecule has 2 aromatic rings. The zero-order valence-corrected chi connectivity index (χ0v) is 11.6. The maximum Gasteiger partial charge on any atom is 0.130 e. The van der Waals surface area contributed by atoms with Gasteiger partial charge in [-0.15, -0.1) is 0 Å². The maximum atomic E-state index is 9.97. The normalized spacial score (nSPS) is 12.4. The Bertz CT molecular complexity index is 549. The number of rotatable bonds is 5. The van der Waals surface area contributed by atoms with Crippen molar-refractivity contribution in [2.75, 3.05) is 0 Å². The van der Waals surface area contributed by atoms with Crippen LogP contribution in [0.15, 0.2) is 30.3 Å². The van der Waals surface area contributed by atoms with Gasteiger partial charge in [0.15, 0.2) is 0 Å². The number of ether oxygens (including phenoxy) is 1. The van der Waals surface area contributed by atoms with Gasteiger partial charge in [-0.1, -0.05) is 25.1 Å². The summed E-state index contributed by atoms with van der Waals surface area (Å²) in [7, 11) is 1.90. The highest BCUT2D eigenvalue weighted by Gasteiger charge is 2.11. The lowest BCUT2D eigenvalue weighted by Gasteiger charge is -2.14. The van der Waals surface area contributed by atoms with Crippen molar-refractivity contribution in [3.05, 3.63) is 47.3 Å². The summed E-state index contributed by atoms with van der Waals surface area (Å²) < 4.78 is 7.63. The zero-order valence-electron chi connectivity index (χ0n) is 11.6. The number of benzene rings is 1. The minimum atomic E-state index is -0.482. The van der Waals surface area contributed by atoms with Crippen molar-refractivity contribution >= 4 is 0 Å². The molecule has 0 radical (unpaired) electrons. The number of para-hydroxylation sites is 1. The van der Waals surface area contributed by atoms with Crippen molar-refractivity contribution in [1.82, 2.24) is 9.78 Å². The molecule has 0 aliphatic rings. The Hall–Kier alpha value is -1.81. The van der Waals surface area contributed by atoms with Gasteiger partial charge in [0, 0.05) is 12.6 Å². The van der Waals surface area contributed by atoms with Crippen molar-refractivity contribution in [1.29, 1.82) is 0 Å². The summed E-state index contributed by atoms with van der Waals surface area (Å²) in [6, 6.07) is 9.61. The van der Waals surface area contributed by atoms with E-state index in [2.05, 4.69) is 5.10 Å². The van der Waals surface area contributed by atoms with Crippen LogP contribution in [0.3, 0.4) is 0 Å². The molecule has 4 heteroatoms. The largest absolute Gasteiger partial charge is 0.487 e. The van der Waals surface area contributed by atoms with Gasteiger partial charge in [-0.2, -0.15) is 5.10 Å². The van der Waals surface area contributed by atoms with E-state index in [1.54, 1.807) is 0 Å². The quantitative estimate of drug-likeness (QED) is 0.899. The summed E-state index contributed by atoms with van der Waals surface area (Å²) in [5.41, 5.74) is 2.82. The minimum absolute atomic E-state index is 0.449. The highest BCUT2D eigenvalue weighted by atomic mass is 16.5. The first kappa shape index (κ1) is 13.6. The Morgan fingerprint density at radius 1 is 1.37 bits per heavy atom. The average Bonchev–Trinajstić information content (AvgIpc) is 2.74. The Balaban J connectivity index is 2.13. The lowest BCUT2D eigenvalue weighted by molar-refractivity contribution is 0.166. The Morgan fingerprint density at radius 3 is 2.74 bits per heavy atom. The van der Waals surface area contributed by atoms with Crippen molar-refractivity contribution in [2.24, 2.45) is 7.05 Å². The molecule has 1 aromatic heterocycles. The van der Waals surface area contributed by atoms with Crippen LogP contribution < -0.4 is 4.74 Å². The first-order chi connectivity index (χ1) is 9.11. The number of aliphatic hydroxyl groups excluding tert-OH is 1. The summed E-state index contributed by atoms with van der Waals surface area (Å²) >= 11 is 0. The van der Waals surface area contributed by atoms with E-state index in [9.17, 15) is 5.11 Å². The number of aromatic nitrogens is 2. The second kappa shape index (κ2) is 5.89. The molecule has 1 unspecified atom stereocenters. The molecule has 0 aliphatic heterocycles. The second-order valence-electron chi connectivity index (χ2n) is 4.65. The standard InChI is InChI=1S/C15H20N2O2/c1-4-14(18)13-7-5-6-8-15(13)19-10-12-9-11(2)16-17(12)3/h5-9,14,18H,4,10H2,1-3H3. The molecule has 2 rings (SSSR count). The van der Waals surface area contributed by atoms with Crippen LogP contribution in [0.4, 0.5) is 0 Å². The molecule has 1 atom stereocenters. The highest BCUT2D eigenvalue weighted by Crippen LogP contribution is 2.27. The fraction of sp³-hybridized carbons (Fsp3) is 0.400. The molecular weight excluding hydrogens is 240 g/mol. The highest BCUT2D eigenvalue weighted by molar-refractivity contribution is 5.35. The van der Waals surface area contributed by atoms with Crippen LogP contribution in [0.5, 0.6) is 5.75 Å². The molecular formula is C15H20N2O2. The lowest BCUT2D eigenvalue weighted by Crippen LogP contribution is -2.05. The van der Waals surface area contributed by atoms with Crippen LogP contribution in [0, 0.1) is 6.92 Å². The van der Waals surface area contributed by atoms with Gasteiger partial charge >= 0.3 is 0 Å². The first-order valence-corrected chi connectivity index (χ1v) is 6.51. The van der Waals surface area contributed by atoms with Crippen LogP contribution >= 0.6 is 0 Å². The summed E-state index contributed by atoms with van der Waals surface area (Å²) in [5.74, 6) is 0.732. The van der Waals surface area contributed by atoms with Crippen molar-refractivity contribution in [2.45, 2.75) is 33.0 Å². The molecule has 19 heavy (non-hydrogen) atoms. The van der Waals surface area contributed by atoms with Gasteiger partial charge in [-0.3, -0.25) is 4.68 Å². The smallest absolute Gasteiger partial charge is 0.130 e. The second-order valence-corrected chi connectivity index (χ2v) is 4.65. The van der Waals surface area contributed by atoms with E-state index in [1.807, 2.05) is 55.9 Å². The summed E-state index contributed by atoms with van der Waals surface area (Å²) in [6.45, 7) is 4.36. The van der Waals surface area contributed by atoms with Gasteiger partial charge in [-0.25, -0.2) is 0 Å². The average molecular weight is 260 g/mol. The topological polar surface area (TPSA) is 47.3 Å². The molecule has 0 spiro atoms. The molecule has 1 aromatic carbocycles. The number of hydrogen-bond donors (Lipinski definition) is 1. The molecule has 0 saturated heterocycles. The van der Waals surface area contributed by atoms with Gasteiger partial charge in [0.1, 0.15) is 12.4 Å². The minimum Gasteiger partial charge on any atom is -0.487 e. The van der Waals surface area contributed by atoms with E-state index < -0.39 is 6.10 Å².